The van der Waals surface area contributed by atoms with Crippen LogP contribution in [0.5, 0.6) is 0 Å². The van der Waals surface area contributed by atoms with Crippen molar-refractivity contribution < 1.29 is 8.78 Å². The predicted octanol–water partition coefficient (Wildman–Crippen LogP) is 3.52. The van der Waals surface area contributed by atoms with E-state index in [-0.39, 0.29) is 16.8 Å². The van der Waals surface area contributed by atoms with Crippen LogP contribution in [-0.2, 0) is 5.41 Å². The van der Waals surface area contributed by atoms with Gasteiger partial charge in [-0.15, -0.1) is 0 Å². The third-order valence-corrected chi connectivity index (χ3v) is 3.91. The van der Waals surface area contributed by atoms with Crippen molar-refractivity contribution in [3.63, 3.8) is 0 Å². The smallest absolute Gasteiger partial charge is 0.224 e. The van der Waals surface area contributed by atoms with Crippen LogP contribution in [0.2, 0.25) is 0 Å². The minimum atomic E-state index is -0.985. The van der Waals surface area contributed by atoms with Gasteiger partial charge < -0.3 is 5.32 Å². The summed E-state index contributed by atoms with van der Waals surface area (Å²) in [5.41, 5.74) is -0.0886. The molecule has 1 N–H and O–H groups in total. The number of anilines is 1. The molecule has 0 spiro atoms. The lowest BCUT2D eigenvalue weighted by Crippen LogP contribution is -2.15. The molecule has 5 nitrogen and oxygen atoms in total. The van der Waals surface area contributed by atoms with Crippen LogP contribution in [0.3, 0.4) is 0 Å². The van der Waals surface area contributed by atoms with E-state index in [0.29, 0.717) is 11.5 Å². The summed E-state index contributed by atoms with van der Waals surface area (Å²) in [7, 11) is 1.68. The number of halogens is 2. The van der Waals surface area contributed by atoms with Gasteiger partial charge in [0.2, 0.25) is 5.95 Å². The minimum absolute atomic E-state index is 0.147. The van der Waals surface area contributed by atoms with Crippen LogP contribution in [0.4, 0.5) is 14.7 Å². The molecule has 122 valence electrons. The van der Waals surface area contributed by atoms with E-state index in [4.69, 9.17) is 5.26 Å². The molecule has 3 aromatic rings. The highest BCUT2D eigenvalue weighted by Gasteiger charge is 2.24. The molecule has 1 aromatic carbocycles. The quantitative estimate of drug-likeness (QED) is 0.799. The summed E-state index contributed by atoms with van der Waals surface area (Å²) in [6.45, 7) is 3.21. The van der Waals surface area contributed by atoms with Crippen molar-refractivity contribution in [1.29, 1.82) is 5.26 Å². The molecular weight excluding hydrogens is 312 g/mol. The average Bonchev–Trinajstić information content (AvgIpc) is 2.96. The summed E-state index contributed by atoms with van der Waals surface area (Å²) in [5.74, 6) is -1.05. The number of hydrogen-bond donors (Lipinski definition) is 1. The van der Waals surface area contributed by atoms with Crippen LogP contribution in [0, 0.1) is 23.0 Å². The second-order valence-electron chi connectivity index (χ2n) is 5.94. The Morgan fingerprint density at radius 1 is 1.21 bits per heavy atom. The molecule has 0 radical (unpaired) electrons. The van der Waals surface area contributed by atoms with Gasteiger partial charge in [0.25, 0.3) is 0 Å². The highest BCUT2D eigenvalue weighted by atomic mass is 19.1. The van der Waals surface area contributed by atoms with Gasteiger partial charge >= 0.3 is 0 Å². The number of nitrogens with zero attached hydrogens (tertiary/aromatic N) is 4. The molecule has 0 atom stereocenters. The molecule has 0 saturated carbocycles. The third-order valence-electron chi connectivity index (χ3n) is 3.91. The Kier molecular flexibility index (Phi) is 3.68. The first-order valence-corrected chi connectivity index (χ1v) is 7.31. The van der Waals surface area contributed by atoms with Gasteiger partial charge in [0, 0.05) is 7.05 Å². The first-order chi connectivity index (χ1) is 11.4. The summed E-state index contributed by atoms with van der Waals surface area (Å²) in [6, 6.07) is 7.62. The number of imidazole rings is 1. The molecule has 3 rings (SSSR count). The van der Waals surface area contributed by atoms with Gasteiger partial charge in [-0.05, 0) is 43.7 Å². The van der Waals surface area contributed by atoms with E-state index < -0.39 is 17.0 Å². The molecule has 2 aromatic heterocycles. The maximum absolute atomic E-state index is 14.5. The zero-order chi connectivity index (χ0) is 17.5. The molecule has 0 bridgehead atoms. The van der Waals surface area contributed by atoms with Crippen LogP contribution in [-0.4, -0.2) is 21.6 Å². The van der Waals surface area contributed by atoms with E-state index in [1.54, 1.807) is 33.2 Å². The third kappa shape index (κ3) is 2.46. The fourth-order valence-electron chi connectivity index (χ4n) is 2.43. The predicted molar refractivity (Wildman–Crippen MR) is 86.5 cm³/mol. The van der Waals surface area contributed by atoms with E-state index >= 15 is 0 Å². The summed E-state index contributed by atoms with van der Waals surface area (Å²) in [5, 5.41) is 16.3. The lowest BCUT2D eigenvalue weighted by atomic mass is 9.85. The van der Waals surface area contributed by atoms with Crippen molar-refractivity contribution >= 4 is 11.5 Å². The first-order valence-electron chi connectivity index (χ1n) is 7.31. The van der Waals surface area contributed by atoms with Crippen LogP contribution in [0.25, 0.3) is 16.8 Å². The van der Waals surface area contributed by atoms with Gasteiger partial charge in [-0.1, -0.05) is 0 Å². The topological polar surface area (TPSA) is 66.0 Å². The molecule has 0 aliphatic heterocycles. The van der Waals surface area contributed by atoms with E-state index in [1.165, 1.54) is 22.7 Å². The van der Waals surface area contributed by atoms with Gasteiger partial charge in [-0.25, -0.2) is 13.8 Å². The molecule has 0 fully saturated rings. The second kappa shape index (κ2) is 5.57. The van der Waals surface area contributed by atoms with Gasteiger partial charge in [0.15, 0.2) is 0 Å². The normalized spacial score (nSPS) is 11.5. The summed E-state index contributed by atoms with van der Waals surface area (Å²) in [6.07, 6.45) is 1.61. The van der Waals surface area contributed by atoms with Gasteiger partial charge in [-0.2, -0.15) is 14.9 Å². The molecule has 24 heavy (non-hydrogen) atoms. The van der Waals surface area contributed by atoms with E-state index in [0.717, 1.165) is 0 Å². The molecule has 0 aliphatic rings. The Morgan fingerprint density at radius 3 is 2.46 bits per heavy atom. The van der Waals surface area contributed by atoms with Crippen LogP contribution in [0.1, 0.15) is 19.4 Å². The fourth-order valence-corrected chi connectivity index (χ4v) is 2.43. The molecule has 0 saturated heterocycles. The van der Waals surface area contributed by atoms with Gasteiger partial charge in [0.1, 0.15) is 11.6 Å². The minimum Gasteiger partial charge on any atom is -0.357 e. The largest absolute Gasteiger partial charge is 0.357 e. The highest BCUT2D eigenvalue weighted by molar-refractivity contribution is 5.64. The Labute approximate surface area is 137 Å². The maximum atomic E-state index is 14.5. The van der Waals surface area contributed by atoms with Crippen LogP contribution in [0.15, 0.2) is 30.5 Å². The molecule has 0 amide bonds. The van der Waals surface area contributed by atoms with Crippen molar-refractivity contribution in [3.05, 3.63) is 47.7 Å². The zero-order valence-electron chi connectivity index (χ0n) is 13.4. The Hall–Kier alpha value is -3.01. The number of nitriles is 1. The lowest BCUT2D eigenvalue weighted by molar-refractivity contribution is 0.572. The van der Waals surface area contributed by atoms with Crippen molar-refractivity contribution in [2.45, 2.75) is 19.3 Å². The lowest BCUT2D eigenvalue weighted by Gasteiger charge is -2.17. The maximum Gasteiger partial charge on any atom is 0.224 e. The first kappa shape index (κ1) is 15.9. The van der Waals surface area contributed by atoms with Crippen molar-refractivity contribution in [3.8, 4) is 17.3 Å². The summed E-state index contributed by atoms with van der Waals surface area (Å²) >= 11 is 0. The number of fused-ring (bicyclic) bond motifs is 1. The molecular formula is C17H15F2N5. The van der Waals surface area contributed by atoms with Crippen molar-refractivity contribution in [2.75, 3.05) is 12.4 Å². The fraction of sp³-hybridized carbons (Fsp3) is 0.235. The summed E-state index contributed by atoms with van der Waals surface area (Å²) in [4.78, 5) is 4.12. The number of aromatic nitrogens is 3. The SMILES string of the molecule is CNc1ncc2ccc(-c3c(F)cc(C(C)(C)C#N)cc3F)nn12. The highest BCUT2D eigenvalue weighted by Crippen LogP contribution is 2.31. The molecule has 2 heterocycles. The number of rotatable bonds is 3. The van der Waals surface area contributed by atoms with Crippen molar-refractivity contribution in [1.82, 2.24) is 14.6 Å². The summed E-state index contributed by atoms with van der Waals surface area (Å²) < 4.78 is 30.6. The van der Waals surface area contributed by atoms with Crippen LogP contribution >= 0.6 is 0 Å². The number of nitrogens with one attached hydrogen (secondary N) is 1. The van der Waals surface area contributed by atoms with E-state index in [2.05, 4.69) is 15.4 Å². The zero-order valence-corrected chi connectivity index (χ0v) is 13.4. The number of benzene rings is 1. The van der Waals surface area contributed by atoms with Gasteiger partial charge in [-0.3, -0.25) is 0 Å². The van der Waals surface area contributed by atoms with E-state index in [9.17, 15) is 8.78 Å². The van der Waals surface area contributed by atoms with E-state index in [1.807, 2.05) is 6.07 Å². The van der Waals surface area contributed by atoms with Crippen molar-refractivity contribution in [2.24, 2.45) is 0 Å². The Balaban J connectivity index is 2.18. The standard InChI is InChI=1S/C17H15F2N5/c1-17(2,9-20)10-6-12(18)15(13(19)7-10)14-5-4-11-8-22-16(21-3)24(11)23-14/h4-8H,1-3H3,(H,21,22). The second-order valence-corrected chi connectivity index (χ2v) is 5.94. The molecule has 0 unspecified atom stereocenters. The Morgan fingerprint density at radius 2 is 1.88 bits per heavy atom. The molecule has 0 aliphatic carbocycles. The average molecular weight is 327 g/mol. The monoisotopic (exact) mass is 327 g/mol. The number of hydrogen-bond acceptors (Lipinski definition) is 4. The molecule has 7 heteroatoms. The van der Waals surface area contributed by atoms with Crippen LogP contribution < -0.4 is 5.32 Å². The van der Waals surface area contributed by atoms with Gasteiger partial charge in [0.05, 0.1) is 34.5 Å². The Bertz CT molecular complexity index is 946.